The molecule has 342 valence electrons. The van der Waals surface area contributed by atoms with Crippen molar-refractivity contribution in [3.63, 3.8) is 0 Å². The van der Waals surface area contributed by atoms with Gasteiger partial charge in [0.25, 0.3) is 23.3 Å². The third-order valence-corrected chi connectivity index (χ3v) is 13.7. The van der Waals surface area contributed by atoms with Gasteiger partial charge < -0.3 is 29.7 Å². The van der Waals surface area contributed by atoms with E-state index in [2.05, 4.69) is 40.5 Å². The standard InChI is InChI=1S/C46H54ClN11O7/c1-27(2)57-36-8-5-29(21-28(36)22-38(45(57)64)65-25-40(60)48-3)50-41-35(47)24-49-46(52-41)54-19-13-31(14-20-54)56-16-4-15-55(26-56)30-11-17-53(18-12-30)32-6-7-33-34(23-32)44(63)58(43(33)62)37-9-10-39(59)51-42(37)61/h5-8,21-24,27,30-31,37H,4,9-20,25-26H2,1-3H3,(H,48,60)(H,49,50,52)(H,51,59,61). The maximum atomic E-state index is 13.4. The molecule has 2 aromatic heterocycles. The van der Waals surface area contributed by atoms with Gasteiger partial charge in [-0.1, -0.05) is 11.6 Å². The Balaban J connectivity index is 0.789. The average Bonchev–Trinajstić information content (AvgIpc) is 3.56. The summed E-state index contributed by atoms with van der Waals surface area (Å²) in [5.41, 5.74) is 2.63. The van der Waals surface area contributed by atoms with Crippen LogP contribution < -0.4 is 36.0 Å². The Labute approximate surface area is 381 Å². The number of amides is 5. The Morgan fingerprint density at radius 1 is 0.862 bits per heavy atom. The number of pyridine rings is 1. The number of carbonyl (C=O) groups is 5. The Kier molecular flexibility index (Phi) is 12.5. The highest BCUT2D eigenvalue weighted by Crippen LogP contribution is 2.34. The molecule has 7 heterocycles. The number of ether oxygens (including phenoxy) is 1. The number of rotatable bonds is 11. The highest BCUT2D eigenvalue weighted by atomic mass is 35.5. The summed E-state index contributed by atoms with van der Waals surface area (Å²) in [6, 6.07) is 12.4. The predicted octanol–water partition coefficient (Wildman–Crippen LogP) is 3.90. The normalized spacial score (nSPS) is 20.4. The summed E-state index contributed by atoms with van der Waals surface area (Å²) in [4.78, 5) is 96.3. The number of anilines is 4. The van der Waals surface area contributed by atoms with Gasteiger partial charge in [0.1, 0.15) is 11.1 Å². The second kappa shape index (κ2) is 18.4. The molecule has 5 aliphatic heterocycles. The van der Waals surface area contributed by atoms with E-state index in [1.54, 1.807) is 29.0 Å². The third-order valence-electron chi connectivity index (χ3n) is 13.4. The number of hydrogen-bond acceptors (Lipinski definition) is 14. The van der Waals surface area contributed by atoms with E-state index < -0.39 is 29.7 Å². The van der Waals surface area contributed by atoms with E-state index in [0.717, 1.165) is 99.5 Å². The van der Waals surface area contributed by atoms with Crippen LogP contribution in [0.5, 0.6) is 5.75 Å². The molecule has 5 amide bonds. The van der Waals surface area contributed by atoms with E-state index in [4.69, 9.17) is 21.3 Å². The molecule has 65 heavy (non-hydrogen) atoms. The van der Waals surface area contributed by atoms with Crippen molar-refractivity contribution in [2.24, 2.45) is 0 Å². The van der Waals surface area contributed by atoms with Crippen molar-refractivity contribution in [1.29, 1.82) is 0 Å². The van der Waals surface area contributed by atoms with Gasteiger partial charge in [0, 0.05) is 87.6 Å². The van der Waals surface area contributed by atoms with Gasteiger partial charge in [-0.15, -0.1) is 0 Å². The van der Waals surface area contributed by atoms with Crippen LogP contribution in [-0.4, -0.2) is 136 Å². The van der Waals surface area contributed by atoms with E-state index in [-0.39, 0.29) is 42.7 Å². The summed E-state index contributed by atoms with van der Waals surface area (Å²) in [5.74, 6) is -1.15. The van der Waals surface area contributed by atoms with Crippen molar-refractivity contribution < 1.29 is 28.7 Å². The molecule has 1 atom stereocenters. The van der Waals surface area contributed by atoms with Gasteiger partial charge >= 0.3 is 0 Å². The summed E-state index contributed by atoms with van der Waals surface area (Å²) in [6.07, 6.45) is 6.87. The Morgan fingerprint density at radius 2 is 1.55 bits per heavy atom. The smallest absolute Gasteiger partial charge is 0.293 e. The van der Waals surface area contributed by atoms with Crippen molar-refractivity contribution in [2.75, 3.05) is 74.7 Å². The maximum absolute atomic E-state index is 13.4. The highest BCUT2D eigenvalue weighted by molar-refractivity contribution is 6.33. The number of imide groups is 2. The van der Waals surface area contributed by atoms with Crippen molar-refractivity contribution in [3.05, 3.63) is 75.2 Å². The van der Waals surface area contributed by atoms with E-state index in [9.17, 15) is 28.8 Å². The molecular weight excluding hydrogens is 854 g/mol. The lowest BCUT2D eigenvalue weighted by Crippen LogP contribution is -2.56. The molecule has 0 aliphatic carbocycles. The molecule has 9 rings (SSSR count). The monoisotopic (exact) mass is 907 g/mol. The Morgan fingerprint density at radius 3 is 2.23 bits per heavy atom. The molecule has 19 heteroatoms. The number of nitrogens with one attached hydrogen (secondary N) is 3. The fraction of sp³-hybridized carbons (Fsp3) is 0.478. The van der Waals surface area contributed by atoms with Gasteiger partial charge in [-0.05, 0) is 94.8 Å². The number of nitrogens with zero attached hydrogens (tertiary/aromatic N) is 8. The zero-order valence-electron chi connectivity index (χ0n) is 36.8. The van der Waals surface area contributed by atoms with Crippen LogP contribution in [0, 0.1) is 0 Å². The Hall–Kier alpha value is -6.11. The van der Waals surface area contributed by atoms with Crippen molar-refractivity contribution in [1.82, 2.24) is 39.9 Å². The van der Waals surface area contributed by atoms with E-state index in [0.29, 0.717) is 45.7 Å². The van der Waals surface area contributed by atoms with Gasteiger partial charge in [0.05, 0.1) is 29.5 Å². The molecule has 4 fully saturated rings. The number of hydrogen-bond donors (Lipinski definition) is 3. The number of carbonyl (C=O) groups excluding carboxylic acids is 5. The highest BCUT2D eigenvalue weighted by Gasteiger charge is 2.45. The van der Waals surface area contributed by atoms with E-state index >= 15 is 0 Å². The number of likely N-dealkylation sites (N-methyl/N-ethyl adjacent to an activating group) is 1. The van der Waals surface area contributed by atoms with Crippen LogP contribution in [-0.2, 0) is 14.4 Å². The molecule has 3 N–H and O–H groups in total. The first-order chi connectivity index (χ1) is 31.4. The molecule has 2 aromatic carbocycles. The number of piperidine rings is 3. The first kappa shape index (κ1) is 44.1. The SMILES string of the molecule is CNC(=O)COc1cc2cc(Nc3nc(N4CCC(N5CCCN(C6CCN(c7ccc8c(c7)C(=O)N(C7CCC(=O)NC7=O)C8=O)CC6)C5)CC4)ncc3Cl)ccc2n(C(C)C)c1=O. The van der Waals surface area contributed by atoms with Crippen molar-refractivity contribution in [2.45, 2.75) is 83.0 Å². The lowest BCUT2D eigenvalue weighted by atomic mass is 9.99. The zero-order chi connectivity index (χ0) is 45.5. The van der Waals surface area contributed by atoms with Crippen molar-refractivity contribution in [3.8, 4) is 5.75 Å². The van der Waals surface area contributed by atoms with Crippen molar-refractivity contribution >= 4 is 75.2 Å². The van der Waals surface area contributed by atoms with Crippen LogP contribution in [0.4, 0.5) is 23.1 Å². The van der Waals surface area contributed by atoms with Crippen LogP contribution in [0.3, 0.4) is 0 Å². The number of fused-ring (bicyclic) bond motifs is 2. The minimum absolute atomic E-state index is 0.0865. The molecular formula is C46H54ClN11O7. The van der Waals surface area contributed by atoms with Gasteiger partial charge in [0.15, 0.2) is 18.2 Å². The zero-order valence-corrected chi connectivity index (χ0v) is 37.6. The molecule has 1 unspecified atom stereocenters. The van der Waals surface area contributed by atoms with Crippen LogP contribution in [0.15, 0.2) is 53.5 Å². The first-order valence-electron chi connectivity index (χ1n) is 22.5. The second-order valence-corrected chi connectivity index (χ2v) is 18.1. The number of aromatic nitrogens is 3. The van der Waals surface area contributed by atoms with Crippen LogP contribution in [0.2, 0.25) is 5.02 Å². The maximum Gasteiger partial charge on any atom is 0.293 e. The second-order valence-electron chi connectivity index (χ2n) is 17.7. The summed E-state index contributed by atoms with van der Waals surface area (Å²) < 4.78 is 7.28. The lowest BCUT2D eigenvalue weighted by Gasteiger charge is -2.47. The third kappa shape index (κ3) is 8.86. The molecule has 0 spiro atoms. The topological polar surface area (TPSA) is 195 Å². The fourth-order valence-corrected chi connectivity index (χ4v) is 10.1. The molecule has 0 radical (unpaired) electrons. The molecule has 4 aromatic rings. The number of halogens is 1. The minimum atomic E-state index is -0.982. The van der Waals surface area contributed by atoms with E-state index in [1.807, 2.05) is 38.1 Å². The van der Waals surface area contributed by atoms with Gasteiger partial charge in [0.2, 0.25) is 17.8 Å². The summed E-state index contributed by atoms with van der Waals surface area (Å²) >= 11 is 6.64. The lowest BCUT2D eigenvalue weighted by molar-refractivity contribution is -0.136. The van der Waals surface area contributed by atoms with Crippen LogP contribution >= 0.6 is 11.6 Å². The summed E-state index contributed by atoms with van der Waals surface area (Å²) in [5, 5.41) is 9.25. The molecule has 0 saturated carbocycles. The fourth-order valence-electron chi connectivity index (χ4n) is 9.99. The summed E-state index contributed by atoms with van der Waals surface area (Å²) in [6.45, 7) is 9.89. The quantitative estimate of drug-likeness (QED) is 0.184. The molecule has 0 bridgehead atoms. The molecule has 18 nitrogen and oxygen atoms in total. The predicted molar refractivity (Wildman–Crippen MR) is 245 cm³/mol. The summed E-state index contributed by atoms with van der Waals surface area (Å²) in [7, 11) is 1.51. The van der Waals surface area contributed by atoms with Crippen LogP contribution in [0.1, 0.15) is 85.6 Å². The first-order valence-corrected chi connectivity index (χ1v) is 22.9. The average molecular weight is 908 g/mol. The molecule has 5 aliphatic rings. The van der Waals surface area contributed by atoms with E-state index in [1.165, 1.54) is 7.05 Å². The largest absolute Gasteiger partial charge is 0.478 e. The van der Waals surface area contributed by atoms with Gasteiger partial charge in [-0.25, -0.2) is 4.98 Å². The molecule has 4 saturated heterocycles. The van der Waals surface area contributed by atoms with Gasteiger partial charge in [-0.3, -0.25) is 48.8 Å². The Bertz CT molecular complexity index is 2610. The minimum Gasteiger partial charge on any atom is -0.478 e. The number of benzene rings is 2. The van der Waals surface area contributed by atoms with Crippen LogP contribution in [0.25, 0.3) is 10.9 Å². The van der Waals surface area contributed by atoms with Gasteiger partial charge in [-0.2, -0.15) is 4.98 Å².